The maximum atomic E-state index is 3.74. The Hall–Kier alpha value is -3.82. The van der Waals surface area contributed by atoms with Crippen molar-refractivity contribution in [2.45, 2.75) is 58.9 Å². The van der Waals surface area contributed by atoms with Gasteiger partial charge < -0.3 is 9.13 Å². The fourth-order valence-corrected chi connectivity index (χ4v) is 7.08. The fourth-order valence-electron chi connectivity index (χ4n) is 6.72. The molecule has 0 unspecified atom stereocenters. The van der Waals surface area contributed by atoms with Gasteiger partial charge in [-0.1, -0.05) is 96.9 Å². The van der Waals surface area contributed by atoms with Crippen LogP contribution in [0.25, 0.3) is 60.4 Å². The van der Waals surface area contributed by atoms with Gasteiger partial charge in [-0.3, -0.25) is 0 Å². The van der Waals surface area contributed by atoms with Crippen molar-refractivity contribution in [1.29, 1.82) is 0 Å². The molecule has 3 heteroatoms. The number of nitrogens with zero attached hydrogens (tertiary/aromatic N) is 2. The quantitative estimate of drug-likeness (QED) is 0.143. The van der Waals surface area contributed by atoms with E-state index in [1.165, 1.54) is 105 Å². The summed E-state index contributed by atoms with van der Waals surface area (Å²) < 4.78 is 6.06. The van der Waals surface area contributed by atoms with Crippen LogP contribution in [0.2, 0.25) is 0 Å². The number of halogens is 1. The highest BCUT2D eigenvalue weighted by molar-refractivity contribution is 9.10. The second kappa shape index (κ2) is 11.5. The maximum absolute atomic E-state index is 3.74. The number of unbranched alkanes of at least 4 members (excludes halogenated alkanes) is 5. The summed E-state index contributed by atoms with van der Waals surface area (Å²) in [7, 11) is 0. The van der Waals surface area contributed by atoms with Gasteiger partial charge in [0.2, 0.25) is 0 Å². The van der Waals surface area contributed by atoms with Crippen molar-refractivity contribution in [2.24, 2.45) is 0 Å². The molecule has 210 valence electrons. The molecule has 0 aliphatic rings. The van der Waals surface area contributed by atoms with Crippen molar-refractivity contribution in [3.05, 3.63) is 113 Å². The molecule has 42 heavy (non-hydrogen) atoms. The molecule has 0 saturated heterocycles. The largest absolute Gasteiger partial charge is 0.340 e. The summed E-state index contributed by atoms with van der Waals surface area (Å²) in [6, 6.07) is 38.3. The van der Waals surface area contributed by atoms with E-state index in [4.69, 9.17) is 0 Å². The molecule has 5 aromatic carbocycles. The lowest BCUT2D eigenvalue weighted by Crippen LogP contribution is -1.97. The highest BCUT2D eigenvalue weighted by atomic mass is 79.9. The molecule has 0 saturated carbocycles. The minimum absolute atomic E-state index is 1.07. The molecule has 2 heterocycles. The van der Waals surface area contributed by atoms with Crippen LogP contribution in [-0.2, 0) is 6.54 Å². The fraction of sp³-hybridized carbons (Fsp3) is 0.231. The number of rotatable bonds is 9. The number of benzene rings is 5. The van der Waals surface area contributed by atoms with Gasteiger partial charge >= 0.3 is 0 Å². The lowest BCUT2D eigenvalue weighted by atomic mass is 10.0. The average molecular weight is 614 g/mol. The van der Waals surface area contributed by atoms with E-state index < -0.39 is 0 Å². The third-order valence-electron chi connectivity index (χ3n) is 8.83. The van der Waals surface area contributed by atoms with E-state index in [2.05, 4.69) is 142 Å². The molecule has 2 aromatic heterocycles. The molecule has 0 fully saturated rings. The smallest absolute Gasteiger partial charge is 0.0541 e. The van der Waals surface area contributed by atoms with Crippen LogP contribution in [-0.4, -0.2) is 9.13 Å². The zero-order chi connectivity index (χ0) is 28.6. The second-order valence-electron chi connectivity index (χ2n) is 11.7. The number of hydrogen-bond acceptors (Lipinski definition) is 0. The maximum Gasteiger partial charge on any atom is 0.0541 e. The first-order valence-electron chi connectivity index (χ1n) is 15.4. The topological polar surface area (TPSA) is 9.86 Å². The molecule has 0 radical (unpaired) electrons. The number of hydrogen-bond donors (Lipinski definition) is 0. The van der Waals surface area contributed by atoms with Gasteiger partial charge in [0.05, 0.1) is 11.0 Å². The van der Waals surface area contributed by atoms with Gasteiger partial charge in [0, 0.05) is 49.3 Å². The van der Waals surface area contributed by atoms with Gasteiger partial charge in [0.15, 0.2) is 0 Å². The second-order valence-corrected chi connectivity index (χ2v) is 12.7. The third-order valence-corrected chi connectivity index (χ3v) is 9.32. The van der Waals surface area contributed by atoms with Crippen LogP contribution in [0.5, 0.6) is 0 Å². The Kier molecular flexibility index (Phi) is 7.38. The summed E-state index contributed by atoms with van der Waals surface area (Å²) in [6.07, 6.45) is 7.86. The van der Waals surface area contributed by atoms with Gasteiger partial charge in [-0.2, -0.15) is 0 Å². The number of para-hydroxylation sites is 1. The minimum atomic E-state index is 1.07. The molecule has 2 nitrogen and oxygen atoms in total. The molecular formula is C39H37BrN2. The van der Waals surface area contributed by atoms with Gasteiger partial charge in [-0.05, 0) is 91.2 Å². The van der Waals surface area contributed by atoms with Crippen molar-refractivity contribution >= 4 is 59.5 Å². The summed E-state index contributed by atoms with van der Waals surface area (Å²) in [4.78, 5) is 0. The summed E-state index contributed by atoms with van der Waals surface area (Å²) in [5.41, 5.74) is 10.1. The summed E-state index contributed by atoms with van der Waals surface area (Å²) in [5, 5.41) is 5.25. The average Bonchev–Trinajstić information content (AvgIpc) is 3.50. The number of fused-ring (bicyclic) bond motifs is 6. The molecule has 0 aliphatic heterocycles. The van der Waals surface area contributed by atoms with Crippen molar-refractivity contribution in [2.75, 3.05) is 0 Å². The predicted molar refractivity (Wildman–Crippen MR) is 185 cm³/mol. The van der Waals surface area contributed by atoms with Crippen LogP contribution in [0, 0.1) is 6.92 Å². The Morgan fingerprint density at radius 3 is 1.86 bits per heavy atom. The van der Waals surface area contributed by atoms with Crippen LogP contribution in [0.1, 0.15) is 51.0 Å². The molecule has 0 atom stereocenters. The van der Waals surface area contributed by atoms with Crippen LogP contribution >= 0.6 is 15.9 Å². The lowest BCUT2D eigenvalue weighted by molar-refractivity contribution is 0.571. The van der Waals surface area contributed by atoms with Crippen LogP contribution in [0.3, 0.4) is 0 Å². The van der Waals surface area contributed by atoms with Crippen molar-refractivity contribution in [1.82, 2.24) is 9.13 Å². The van der Waals surface area contributed by atoms with E-state index in [0.29, 0.717) is 0 Å². The molecule has 7 aromatic rings. The van der Waals surface area contributed by atoms with E-state index in [9.17, 15) is 0 Å². The van der Waals surface area contributed by atoms with E-state index >= 15 is 0 Å². The predicted octanol–water partition coefficient (Wildman–Crippen LogP) is 12.0. The summed E-state index contributed by atoms with van der Waals surface area (Å²) >= 11 is 3.74. The third kappa shape index (κ3) is 4.84. The van der Waals surface area contributed by atoms with E-state index in [0.717, 1.165) is 11.0 Å². The van der Waals surface area contributed by atoms with E-state index in [1.807, 2.05) is 0 Å². The van der Waals surface area contributed by atoms with Gasteiger partial charge in [0.25, 0.3) is 0 Å². The zero-order valence-electron chi connectivity index (χ0n) is 24.5. The van der Waals surface area contributed by atoms with E-state index in [-0.39, 0.29) is 0 Å². The highest BCUT2D eigenvalue weighted by Gasteiger charge is 2.16. The zero-order valence-corrected chi connectivity index (χ0v) is 26.1. The first-order valence-corrected chi connectivity index (χ1v) is 16.2. The first kappa shape index (κ1) is 27.0. The molecule has 0 amide bonds. The Bertz CT molecular complexity index is 2040. The monoisotopic (exact) mass is 612 g/mol. The van der Waals surface area contributed by atoms with Crippen LogP contribution in [0.15, 0.2) is 108 Å². The molecule has 0 spiro atoms. The highest BCUT2D eigenvalue weighted by Crippen LogP contribution is 2.38. The Morgan fingerprint density at radius 2 is 1.12 bits per heavy atom. The number of aryl methyl sites for hydroxylation is 2. The minimum Gasteiger partial charge on any atom is -0.340 e. The van der Waals surface area contributed by atoms with Crippen LogP contribution < -0.4 is 0 Å². The van der Waals surface area contributed by atoms with Crippen molar-refractivity contribution < 1.29 is 0 Å². The van der Waals surface area contributed by atoms with E-state index in [1.54, 1.807) is 0 Å². The van der Waals surface area contributed by atoms with Gasteiger partial charge in [-0.25, -0.2) is 0 Å². The molecule has 7 rings (SSSR count). The Labute approximate surface area is 256 Å². The Morgan fingerprint density at radius 1 is 0.548 bits per heavy atom. The summed E-state index contributed by atoms with van der Waals surface area (Å²) in [6.45, 7) is 5.53. The van der Waals surface area contributed by atoms with Crippen LogP contribution in [0.4, 0.5) is 0 Å². The van der Waals surface area contributed by atoms with Gasteiger partial charge in [-0.15, -0.1) is 0 Å². The molecule has 0 aliphatic carbocycles. The summed E-state index contributed by atoms with van der Waals surface area (Å²) in [5.74, 6) is 0. The lowest BCUT2D eigenvalue weighted by Gasteiger charge is -2.09. The molecule has 0 N–H and O–H groups in total. The Balaban J connectivity index is 1.33. The normalized spacial score (nSPS) is 11.9. The van der Waals surface area contributed by atoms with Gasteiger partial charge in [0.1, 0.15) is 0 Å². The number of aromatic nitrogens is 2. The molecule has 0 bridgehead atoms. The van der Waals surface area contributed by atoms with Crippen molar-refractivity contribution in [3.8, 4) is 16.8 Å². The SMILES string of the molecule is CCCCCCCCn1c2ccc(Br)cc2c2cc(-c3ccc4c(c3)c3cc(C)ccc3n4-c3ccccc3)ccc21. The first-order chi connectivity index (χ1) is 20.6. The molecular weight excluding hydrogens is 576 g/mol. The van der Waals surface area contributed by atoms with Crippen molar-refractivity contribution in [3.63, 3.8) is 0 Å². The standard InChI is InChI=1S/C39H37BrN2/c1-3-4-5-6-7-11-22-41-36-19-15-28(24-33(36)35-26-30(40)17-21-37(35)41)29-16-20-39-34(25-29)32-23-27(2)14-18-38(32)42(39)31-12-9-8-10-13-31/h8-10,12-21,23-26H,3-7,11,22H2,1-2H3.